The Bertz CT molecular complexity index is 30.4. The SMILES string of the molecule is C[Si](C)(C)[O-].[K+].[NaH]. The first-order chi connectivity index (χ1) is 2.00. The van der Waals surface area contributed by atoms with Crippen LogP contribution in [0.3, 0.4) is 0 Å². The van der Waals surface area contributed by atoms with Crippen LogP contribution in [0.5, 0.6) is 0 Å². The molecule has 0 saturated carbocycles. The van der Waals surface area contributed by atoms with Crippen molar-refractivity contribution in [2.24, 2.45) is 0 Å². The van der Waals surface area contributed by atoms with Crippen LogP contribution in [0, 0.1) is 0 Å². The molecule has 0 atom stereocenters. The number of rotatable bonds is 0. The normalized spacial score (nSPS) is 8.57. The maximum absolute atomic E-state index is 10.2. The molecule has 1 nitrogen and oxygen atoms in total. The van der Waals surface area contributed by atoms with E-state index in [4.69, 9.17) is 0 Å². The summed E-state index contributed by atoms with van der Waals surface area (Å²) >= 11 is 0. The van der Waals surface area contributed by atoms with Crippen molar-refractivity contribution >= 4 is 37.9 Å². The van der Waals surface area contributed by atoms with E-state index in [9.17, 15) is 4.80 Å². The molecule has 0 spiro atoms. The summed E-state index contributed by atoms with van der Waals surface area (Å²) in [6, 6.07) is 0. The van der Waals surface area contributed by atoms with Crippen molar-refractivity contribution in [3.05, 3.63) is 0 Å². The Balaban J connectivity index is -0.0000000800. The molecule has 0 rings (SSSR count). The van der Waals surface area contributed by atoms with E-state index in [0.717, 1.165) is 0 Å². The Morgan fingerprint density at radius 3 is 1.14 bits per heavy atom. The van der Waals surface area contributed by atoms with Gasteiger partial charge in [-0.05, 0) is 0 Å². The van der Waals surface area contributed by atoms with Gasteiger partial charge in [-0.3, -0.25) is 0 Å². The second kappa shape index (κ2) is 6.93. The number of hydrogen-bond donors (Lipinski definition) is 0. The Hall–Kier alpha value is 2.81. The van der Waals surface area contributed by atoms with Gasteiger partial charge in [0.1, 0.15) is 0 Å². The second-order valence-corrected chi connectivity index (χ2v) is 6.34. The molecular weight excluding hydrogens is 142 g/mol. The molecule has 7 heavy (non-hydrogen) atoms. The fraction of sp³-hybridized carbons (Fsp3) is 1.00. The maximum atomic E-state index is 10.2. The van der Waals surface area contributed by atoms with Crippen molar-refractivity contribution in [2.45, 2.75) is 19.6 Å². The molecule has 0 aromatic rings. The van der Waals surface area contributed by atoms with Crippen molar-refractivity contribution in [3.63, 3.8) is 0 Å². The van der Waals surface area contributed by atoms with Crippen molar-refractivity contribution in [1.82, 2.24) is 0 Å². The van der Waals surface area contributed by atoms with Gasteiger partial charge in [0, 0.05) is 0 Å². The van der Waals surface area contributed by atoms with Crippen LogP contribution in [0.2, 0.25) is 19.6 Å². The summed E-state index contributed by atoms with van der Waals surface area (Å²) < 4.78 is 0. The van der Waals surface area contributed by atoms with Crippen molar-refractivity contribution in [1.29, 1.82) is 0 Å². The molecule has 0 heterocycles. The molecule has 0 aliphatic rings. The topological polar surface area (TPSA) is 23.1 Å². The van der Waals surface area contributed by atoms with Crippen LogP contribution < -0.4 is 56.2 Å². The van der Waals surface area contributed by atoms with Gasteiger partial charge >= 0.3 is 80.9 Å². The molecule has 0 radical (unpaired) electrons. The van der Waals surface area contributed by atoms with E-state index in [2.05, 4.69) is 0 Å². The van der Waals surface area contributed by atoms with E-state index in [1.54, 1.807) is 19.6 Å². The van der Waals surface area contributed by atoms with Crippen LogP contribution in [0.4, 0.5) is 0 Å². The van der Waals surface area contributed by atoms with Crippen molar-refractivity contribution in [2.75, 3.05) is 0 Å². The molecule has 0 saturated heterocycles. The monoisotopic (exact) mass is 152 g/mol. The quantitative estimate of drug-likeness (QED) is 0.331. The molecule has 0 aromatic carbocycles. The minimum absolute atomic E-state index is 0. The fourth-order valence-electron chi connectivity index (χ4n) is 0. The molecule has 0 N–H and O–H groups in total. The standard InChI is InChI=1S/C3H9OSi.K.Na.H/c1-5(2,3)4;;;/h1-3H3;;;/q-1;+1;;. The van der Waals surface area contributed by atoms with E-state index in [1.165, 1.54) is 0 Å². The van der Waals surface area contributed by atoms with Crippen LogP contribution in [0.15, 0.2) is 0 Å². The third-order valence-electron chi connectivity index (χ3n) is 0. The van der Waals surface area contributed by atoms with Crippen LogP contribution in [0.1, 0.15) is 0 Å². The van der Waals surface area contributed by atoms with E-state index < -0.39 is 8.32 Å². The molecular formula is C3H10KNaOSi. The Labute approximate surface area is 111 Å². The van der Waals surface area contributed by atoms with E-state index in [-0.39, 0.29) is 80.9 Å². The van der Waals surface area contributed by atoms with Crippen molar-refractivity contribution < 1.29 is 56.2 Å². The van der Waals surface area contributed by atoms with Gasteiger partial charge in [-0.1, -0.05) is 28.0 Å². The number of hydrogen-bond acceptors (Lipinski definition) is 1. The van der Waals surface area contributed by atoms with Gasteiger partial charge in [0.25, 0.3) is 0 Å². The average molecular weight is 152 g/mol. The van der Waals surface area contributed by atoms with E-state index in [1.807, 2.05) is 0 Å². The van der Waals surface area contributed by atoms with Crippen LogP contribution in [-0.2, 0) is 0 Å². The van der Waals surface area contributed by atoms with Crippen LogP contribution >= 0.6 is 0 Å². The summed E-state index contributed by atoms with van der Waals surface area (Å²) in [5.41, 5.74) is 0. The average Bonchev–Trinajstić information content (AvgIpc) is 0.722. The molecule has 0 amide bonds. The predicted octanol–water partition coefficient (Wildman–Crippen LogP) is -3.46. The third-order valence-corrected chi connectivity index (χ3v) is 0. The van der Waals surface area contributed by atoms with Gasteiger partial charge < -0.3 is 4.80 Å². The zero-order valence-corrected chi connectivity index (χ0v) is 9.03. The first kappa shape index (κ1) is 16.4. The molecule has 0 unspecified atom stereocenters. The fourth-order valence-corrected chi connectivity index (χ4v) is 0. The van der Waals surface area contributed by atoms with Gasteiger partial charge in [0.2, 0.25) is 0 Å². The Morgan fingerprint density at radius 1 is 1.14 bits per heavy atom. The van der Waals surface area contributed by atoms with Gasteiger partial charge in [0.05, 0.1) is 0 Å². The Morgan fingerprint density at radius 2 is 1.14 bits per heavy atom. The summed E-state index contributed by atoms with van der Waals surface area (Å²) in [6.45, 7) is 5.31. The van der Waals surface area contributed by atoms with Crippen LogP contribution in [-0.4, -0.2) is 37.9 Å². The molecule has 0 aromatic heterocycles. The summed E-state index contributed by atoms with van der Waals surface area (Å²) in [5, 5.41) is 0. The molecule has 0 aliphatic carbocycles. The molecule has 0 fully saturated rings. The van der Waals surface area contributed by atoms with Crippen molar-refractivity contribution in [3.8, 4) is 0 Å². The first-order valence-electron chi connectivity index (χ1n) is 1.70. The zero-order chi connectivity index (χ0) is 4.50. The summed E-state index contributed by atoms with van der Waals surface area (Å²) in [6.07, 6.45) is 0. The molecule has 34 valence electrons. The Kier molecular flexibility index (Phi) is 16.2. The van der Waals surface area contributed by atoms with Gasteiger partial charge in [-0.2, -0.15) is 0 Å². The van der Waals surface area contributed by atoms with E-state index in [0.29, 0.717) is 0 Å². The van der Waals surface area contributed by atoms with Gasteiger partial charge in [-0.25, -0.2) is 0 Å². The summed E-state index contributed by atoms with van der Waals surface area (Å²) in [7, 11) is -1.86. The van der Waals surface area contributed by atoms with Gasteiger partial charge in [-0.15, -0.1) is 0 Å². The first-order valence-corrected chi connectivity index (χ1v) is 5.11. The summed E-state index contributed by atoms with van der Waals surface area (Å²) in [4.78, 5) is 10.2. The minimum atomic E-state index is -1.86. The molecule has 0 bridgehead atoms. The second-order valence-electron chi connectivity index (χ2n) is 2.11. The van der Waals surface area contributed by atoms with E-state index >= 15 is 0 Å². The summed E-state index contributed by atoms with van der Waals surface area (Å²) in [5.74, 6) is 0. The molecule has 4 heteroatoms. The third kappa shape index (κ3) is 51.7. The van der Waals surface area contributed by atoms with Crippen LogP contribution in [0.25, 0.3) is 0 Å². The predicted molar refractivity (Wildman–Crippen MR) is 30.5 cm³/mol. The zero-order valence-electron chi connectivity index (χ0n) is 4.91. The van der Waals surface area contributed by atoms with Gasteiger partial charge in [0.15, 0.2) is 0 Å². The molecule has 0 aliphatic heterocycles.